The van der Waals surface area contributed by atoms with Crippen LogP contribution >= 0.6 is 0 Å². The molecule has 1 atom stereocenters. The van der Waals surface area contributed by atoms with Crippen LogP contribution in [0.4, 0.5) is 15.9 Å². The van der Waals surface area contributed by atoms with Crippen molar-refractivity contribution in [2.45, 2.75) is 19.4 Å². The summed E-state index contributed by atoms with van der Waals surface area (Å²) in [5.74, 6) is 0.587. The number of pyridine rings is 2. The molecule has 0 amide bonds. The van der Waals surface area contributed by atoms with Gasteiger partial charge in [0.2, 0.25) is 0 Å². The van der Waals surface area contributed by atoms with Crippen LogP contribution in [0.25, 0.3) is 0 Å². The van der Waals surface area contributed by atoms with Crippen molar-refractivity contribution < 1.29 is 4.39 Å². The van der Waals surface area contributed by atoms with Gasteiger partial charge < -0.3 is 10.2 Å². The third-order valence-corrected chi connectivity index (χ3v) is 3.06. The van der Waals surface area contributed by atoms with Gasteiger partial charge in [-0.05, 0) is 30.7 Å². The topological polar surface area (TPSA) is 41.0 Å². The lowest BCUT2D eigenvalue weighted by molar-refractivity contribution is 0.614. The zero-order chi connectivity index (χ0) is 14.5. The second kappa shape index (κ2) is 6.32. The van der Waals surface area contributed by atoms with Crippen LogP contribution in [0.2, 0.25) is 0 Å². The van der Waals surface area contributed by atoms with E-state index in [-0.39, 0.29) is 11.9 Å². The third-order valence-electron chi connectivity index (χ3n) is 3.06. The predicted molar refractivity (Wildman–Crippen MR) is 79.4 cm³/mol. The lowest BCUT2D eigenvalue weighted by atomic mass is 10.1. The third kappa shape index (κ3) is 3.44. The molecule has 0 bridgehead atoms. The lowest BCUT2D eigenvalue weighted by Gasteiger charge is -2.18. The Morgan fingerprint density at radius 3 is 2.45 bits per heavy atom. The lowest BCUT2D eigenvalue weighted by Crippen LogP contribution is -2.13. The summed E-state index contributed by atoms with van der Waals surface area (Å²) in [5.41, 5.74) is 1.75. The van der Waals surface area contributed by atoms with Crippen molar-refractivity contribution in [3.05, 3.63) is 48.2 Å². The van der Waals surface area contributed by atoms with Crippen LogP contribution in [0.5, 0.6) is 0 Å². The molecule has 4 nitrogen and oxygen atoms in total. The van der Waals surface area contributed by atoms with Gasteiger partial charge in [0.05, 0.1) is 29.8 Å². The van der Waals surface area contributed by atoms with E-state index >= 15 is 0 Å². The maximum Gasteiger partial charge on any atom is 0.141 e. The molecule has 0 aliphatic heterocycles. The molecule has 5 heteroatoms. The number of anilines is 2. The Morgan fingerprint density at radius 1 is 1.15 bits per heavy atom. The average Bonchev–Trinajstić information content (AvgIpc) is 2.46. The first-order valence-electron chi connectivity index (χ1n) is 6.61. The molecule has 20 heavy (non-hydrogen) atoms. The van der Waals surface area contributed by atoms with Crippen molar-refractivity contribution >= 4 is 11.5 Å². The van der Waals surface area contributed by atoms with Crippen LogP contribution in [0, 0.1) is 5.82 Å². The number of nitrogens with zero attached hydrogens (tertiary/aromatic N) is 3. The second-order valence-corrected chi connectivity index (χ2v) is 4.81. The van der Waals surface area contributed by atoms with Crippen molar-refractivity contribution in [1.82, 2.24) is 9.97 Å². The Kier molecular flexibility index (Phi) is 4.50. The van der Waals surface area contributed by atoms with E-state index in [1.165, 1.54) is 12.3 Å². The van der Waals surface area contributed by atoms with E-state index in [9.17, 15) is 4.39 Å². The minimum atomic E-state index is -0.319. The molecular formula is C15H19FN4. The van der Waals surface area contributed by atoms with Crippen molar-refractivity contribution in [3.8, 4) is 0 Å². The zero-order valence-electron chi connectivity index (χ0n) is 12.0. The van der Waals surface area contributed by atoms with Crippen LogP contribution in [0.1, 0.15) is 25.1 Å². The minimum absolute atomic E-state index is 0.0441. The Hall–Kier alpha value is -2.17. The Bertz CT molecular complexity index is 537. The number of nitrogens with one attached hydrogen (secondary N) is 1. The first-order valence-corrected chi connectivity index (χ1v) is 6.61. The molecule has 1 N–H and O–H groups in total. The van der Waals surface area contributed by atoms with E-state index in [2.05, 4.69) is 22.2 Å². The molecule has 1 unspecified atom stereocenters. The molecule has 0 saturated heterocycles. The highest BCUT2D eigenvalue weighted by molar-refractivity contribution is 5.49. The van der Waals surface area contributed by atoms with Crippen LogP contribution in [-0.4, -0.2) is 24.1 Å². The van der Waals surface area contributed by atoms with Crippen molar-refractivity contribution in [1.29, 1.82) is 0 Å². The number of hydrogen-bond donors (Lipinski definition) is 1. The highest BCUT2D eigenvalue weighted by atomic mass is 19.1. The molecule has 0 radical (unpaired) electrons. The predicted octanol–water partition coefficient (Wildman–Crippen LogP) is 3.24. The van der Waals surface area contributed by atoms with Crippen LogP contribution in [0.3, 0.4) is 0 Å². The van der Waals surface area contributed by atoms with Gasteiger partial charge in [0.1, 0.15) is 11.6 Å². The van der Waals surface area contributed by atoms with Gasteiger partial charge in [0.15, 0.2) is 0 Å². The van der Waals surface area contributed by atoms with E-state index < -0.39 is 0 Å². The van der Waals surface area contributed by atoms with Crippen LogP contribution in [0.15, 0.2) is 36.7 Å². The fourth-order valence-corrected chi connectivity index (χ4v) is 1.92. The zero-order valence-corrected chi connectivity index (χ0v) is 12.0. The Labute approximate surface area is 118 Å². The van der Waals surface area contributed by atoms with E-state index in [1.54, 1.807) is 12.3 Å². The molecule has 2 heterocycles. The van der Waals surface area contributed by atoms with Crippen molar-refractivity contribution in [2.24, 2.45) is 0 Å². The van der Waals surface area contributed by atoms with E-state index in [4.69, 9.17) is 0 Å². The van der Waals surface area contributed by atoms with Gasteiger partial charge in [-0.3, -0.25) is 4.98 Å². The summed E-state index contributed by atoms with van der Waals surface area (Å²) in [5, 5.41) is 3.36. The summed E-state index contributed by atoms with van der Waals surface area (Å²) >= 11 is 0. The normalized spacial score (nSPS) is 12.0. The number of aromatic nitrogens is 2. The summed E-state index contributed by atoms with van der Waals surface area (Å²) in [6.07, 6.45) is 3.89. The van der Waals surface area contributed by atoms with Gasteiger partial charge in [-0.15, -0.1) is 0 Å². The molecule has 0 aliphatic rings. The maximum atomic E-state index is 12.9. The summed E-state index contributed by atoms with van der Waals surface area (Å²) in [6, 6.07) is 7.11. The summed E-state index contributed by atoms with van der Waals surface area (Å²) < 4.78 is 12.9. The van der Waals surface area contributed by atoms with E-state index in [0.29, 0.717) is 0 Å². The van der Waals surface area contributed by atoms with E-state index in [1.807, 2.05) is 31.1 Å². The molecule has 2 aromatic heterocycles. The standard InChI is InChI=1S/C15H19FN4/c1-4-13(14-7-5-11(16)9-17-14)19-12-6-8-15(18-10-12)20(2)3/h5-10,13,19H,4H2,1-3H3. The summed E-state index contributed by atoms with van der Waals surface area (Å²) in [7, 11) is 3.90. The minimum Gasteiger partial charge on any atom is -0.375 e. The molecule has 0 aromatic carbocycles. The van der Waals surface area contributed by atoms with Gasteiger partial charge >= 0.3 is 0 Å². The Morgan fingerprint density at radius 2 is 1.95 bits per heavy atom. The van der Waals surface area contributed by atoms with Gasteiger partial charge in [0.25, 0.3) is 0 Å². The first kappa shape index (κ1) is 14.2. The van der Waals surface area contributed by atoms with Crippen LogP contribution in [-0.2, 0) is 0 Å². The highest BCUT2D eigenvalue weighted by Crippen LogP contribution is 2.21. The average molecular weight is 274 g/mol. The largest absolute Gasteiger partial charge is 0.375 e. The molecule has 0 fully saturated rings. The SMILES string of the molecule is CCC(Nc1ccc(N(C)C)nc1)c1ccc(F)cn1. The molecule has 0 spiro atoms. The van der Waals surface area contributed by atoms with Gasteiger partial charge in [-0.1, -0.05) is 6.92 Å². The van der Waals surface area contributed by atoms with Crippen molar-refractivity contribution in [3.63, 3.8) is 0 Å². The fraction of sp³-hybridized carbons (Fsp3) is 0.333. The van der Waals surface area contributed by atoms with Gasteiger partial charge in [-0.2, -0.15) is 0 Å². The molecular weight excluding hydrogens is 255 g/mol. The first-order chi connectivity index (χ1) is 9.60. The van der Waals surface area contributed by atoms with Crippen LogP contribution < -0.4 is 10.2 Å². The van der Waals surface area contributed by atoms with Gasteiger partial charge in [0, 0.05) is 14.1 Å². The molecule has 0 saturated carbocycles. The van der Waals surface area contributed by atoms with Gasteiger partial charge in [-0.25, -0.2) is 9.37 Å². The summed E-state index contributed by atoms with van der Waals surface area (Å²) in [6.45, 7) is 2.06. The fourth-order valence-electron chi connectivity index (χ4n) is 1.92. The number of rotatable bonds is 5. The monoisotopic (exact) mass is 274 g/mol. The smallest absolute Gasteiger partial charge is 0.141 e. The number of hydrogen-bond acceptors (Lipinski definition) is 4. The molecule has 0 aliphatic carbocycles. The molecule has 106 valence electrons. The quantitative estimate of drug-likeness (QED) is 0.908. The summed E-state index contributed by atoms with van der Waals surface area (Å²) in [4.78, 5) is 10.4. The Balaban J connectivity index is 2.11. The molecule has 2 aromatic rings. The maximum absolute atomic E-state index is 12.9. The second-order valence-electron chi connectivity index (χ2n) is 4.81. The highest BCUT2D eigenvalue weighted by Gasteiger charge is 2.11. The van der Waals surface area contributed by atoms with E-state index in [0.717, 1.165) is 23.6 Å². The molecule has 2 rings (SSSR count). The van der Waals surface area contributed by atoms with Crippen molar-refractivity contribution in [2.75, 3.05) is 24.3 Å². The number of halogens is 1.